The lowest BCUT2D eigenvalue weighted by atomic mass is 10.2. The first kappa shape index (κ1) is 27.6. The monoisotopic (exact) mass is 566 g/mol. The van der Waals surface area contributed by atoms with Gasteiger partial charge in [-0.3, -0.25) is 9.10 Å². The van der Waals surface area contributed by atoms with Gasteiger partial charge in [0.25, 0.3) is 15.9 Å². The van der Waals surface area contributed by atoms with Crippen LogP contribution in [0.1, 0.15) is 11.1 Å². The topological polar surface area (TPSA) is 75.7 Å². The molecule has 0 saturated heterocycles. The Kier molecular flexibility index (Phi) is 8.99. The lowest BCUT2D eigenvalue weighted by Gasteiger charge is -2.25. The fourth-order valence-corrected chi connectivity index (χ4v) is 5.83. The SMILES string of the molecule is CSc1ccccc1NC(=O)COc1ccc(N(Cc2ccc(Cl)cc2)S(=O)(=O)c2ccc(C)cc2)cc1. The summed E-state index contributed by atoms with van der Waals surface area (Å²) in [7, 11) is -3.87. The molecule has 0 bridgehead atoms. The average Bonchev–Trinajstić information content (AvgIpc) is 2.92. The smallest absolute Gasteiger partial charge is 0.264 e. The first-order valence-electron chi connectivity index (χ1n) is 11.8. The molecule has 0 unspecified atom stereocenters. The molecule has 196 valence electrons. The highest BCUT2D eigenvalue weighted by Gasteiger charge is 2.25. The second kappa shape index (κ2) is 12.4. The summed E-state index contributed by atoms with van der Waals surface area (Å²) in [5.74, 6) is 0.156. The molecular weight excluding hydrogens is 540 g/mol. The highest BCUT2D eigenvalue weighted by atomic mass is 35.5. The van der Waals surface area contributed by atoms with Crippen LogP contribution in [0.2, 0.25) is 5.02 Å². The Morgan fingerprint density at radius 3 is 2.24 bits per heavy atom. The number of carbonyl (C=O) groups is 1. The molecule has 1 N–H and O–H groups in total. The van der Waals surface area contributed by atoms with Gasteiger partial charge in [-0.05, 0) is 79.4 Å². The second-order valence-corrected chi connectivity index (χ2v) is 11.6. The van der Waals surface area contributed by atoms with Gasteiger partial charge in [-0.25, -0.2) is 8.42 Å². The number of nitrogens with one attached hydrogen (secondary N) is 1. The molecule has 38 heavy (non-hydrogen) atoms. The van der Waals surface area contributed by atoms with Gasteiger partial charge < -0.3 is 10.1 Å². The van der Waals surface area contributed by atoms with Crippen molar-refractivity contribution >= 4 is 50.7 Å². The maximum atomic E-state index is 13.7. The molecule has 4 rings (SSSR count). The van der Waals surface area contributed by atoms with Crippen LogP contribution in [0, 0.1) is 6.92 Å². The summed E-state index contributed by atoms with van der Waals surface area (Å²) >= 11 is 7.56. The zero-order valence-corrected chi connectivity index (χ0v) is 23.3. The molecule has 0 saturated carbocycles. The average molecular weight is 567 g/mol. The molecule has 4 aromatic rings. The van der Waals surface area contributed by atoms with Gasteiger partial charge in [0.05, 0.1) is 22.8 Å². The van der Waals surface area contributed by atoms with E-state index < -0.39 is 10.0 Å². The van der Waals surface area contributed by atoms with Gasteiger partial charge in [0.2, 0.25) is 0 Å². The van der Waals surface area contributed by atoms with E-state index >= 15 is 0 Å². The Bertz CT molecular complexity index is 1490. The van der Waals surface area contributed by atoms with Crippen molar-refractivity contribution < 1.29 is 17.9 Å². The first-order chi connectivity index (χ1) is 18.3. The minimum absolute atomic E-state index is 0.116. The van der Waals surface area contributed by atoms with Crippen LogP contribution in [0.3, 0.4) is 0 Å². The van der Waals surface area contributed by atoms with Crippen molar-refractivity contribution in [3.05, 3.63) is 113 Å². The Morgan fingerprint density at radius 1 is 0.921 bits per heavy atom. The quantitative estimate of drug-likeness (QED) is 0.214. The van der Waals surface area contributed by atoms with Crippen LogP contribution < -0.4 is 14.4 Å². The molecule has 4 aromatic carbocycles. The molecule has 0 radical (unpaired) electrons. The van der Waals surface area contributed by atoms with Crippen molar-refractivity contribution in [3.8, 4) is 5.75 Å². The van der Waals surface area contributed by atoms with Gasteiger partial charge >= 0.3 is 0 Å². The number of hydrogen-bond donors (Lipinski definition) is 1. The zero-order chi connectivity index (χ0) is 27.1. The Hall–Kier alpha value is -3.46. The molecular formula is C29H27ClN2O4S2. The minimum Gasteiger partial charge on any atom is -0.484 e. The number of ether oxygens (including phenoxy) is 1. The van der Waals surface area contributed by atoms with Gasteiger partial charge in [-0.2, -0.15) is 0 Å². The van der Waals surface area contributed by atoms with Crippen molar-refractivity contribution in [1.29, 1.82) is 0 Å². The van der Waals surface area contributed by atoms with Crippen molar-refractivity contribution in [2.75, 3.05) is 22.5 Å². The number of carbonyl (C=O) groups excluding carboxylic acids is 1. The number of aryl methyl sites for hydroxylation is 1. The molecule has 0 spiro atoms. The molecule has 0 aliphatic heterocycles. The number of nitrogens with zero attached hydrogens (tertiary/aromatic N) is 1. The molecule has 0 aliphatic rings. The normalized spacial score (nSPS) is 11.1. The zero-order valence-electron chi connectivity index (χ0n) is 20.9. The van der Waals surface area contributed by atoms with Crippen LogP contribution in [0.25, 0.3) is 0 Å². The Labute approximate surface area is 232 Å². The summed E-state index contributed by atoms with van der Waals surface area (Å²) in [5.41, 5.74) is 2.94. The molecule has 0 aliphatic carbocycles. The number of rotatable bonds is 10. The van der Waals surface area contributed by atoms with Crippen LogP contribution in [0.4, 0.5) is 11.4 Å². The first-order valence-corrected chi connectivity index (χ1v) is 14.8. The van der Waals surface area contributed by atoms with E-state index in [2.05, 4.69) is 5.32 Å². The summed E-state index contributed by atoms with van der Waals surface area (Å²) in [5, 5.41) is 3.43. The highest BCUT2D eigenvalue weighted by molar-refractivity contribution is 7.98. The van der Waals surface area contributed by atoms with E-state index in [1.165, 1.54) is 4.31 Å². The molecule has 6 nitrogen and oxygen atoms in total. The minimum atomic E-state index is -3.87. The number of halogens is 1. The van der Waals surface area contributed by atoms with Crippen molar-refractivity contribution in [2.24, 2.45) is 0 Å². The Balaban J connectivity index is 1.52. The third-order valence-electron chi connectivity index (χ3n) is 5.72. The summed E-state index contributed by atoms with van der Waals surface area (Å²) in [6, 6.07) is 28.0. The second-order valence-electron chi connectivity index (χ2n) is 8.48. The van der Waals surface area contributed by atoms with E-state index in [0.717, 1.165) is 21.7 Å². The van der Waals surface area contributed by atoms with E-state index in [9.17, 15) is 13.2 Å². The maximum absolute atomic E-state index is 13.7. The lowest BCUT2D eigenvalue weighted by Crippen LogP contribution is -2.30. The van der Waals surface area contributed by atoms with Crippen LogP contribution in [0.15, 0.2) is 107 Å². The van der Waals surface area contributed by atoms with Gasteiger partial charge in [0, 0.05) is 9.92 Å². The third-order valence-corrected chi connectivity index (χ3v) is 8.56. The number of para-hydroxylation sites is 1. The largest absolute Gasteiger partial charge is 0.484 e. The molecule has 0 aromatic heterocycles. The molecule has 1 amide bonds. The van der Waals surface area contributed by atoms with E-state index in [1.807, 2.05) is 37.4 Å². The predicted molar refractivity (Wildman–Crippen MR) is 155 cm³/mol. The van der Waals surface area contributed by atoms with Gasteiger partial charge in [0.1, 0.15) is 5.75 Å². The van der Waals surface area contributed by atoms with Gasteiger partial charge in [-0.15, -0.1) is 11.8 Å². The Morgan fingerprint density at radius 2 is 1.58 bits per heavy atom. The van der Waals surface area contributed by atoms with Gasteiger partial charge in [-0.1, -0.05) is 53.6 Å². The maximum Gasteiger partial charge on any atom is 0.264 e. The number of sulfonamides is 1. The number of amides is 1. The number of anilines is 2. The van der Waals surface area contributed by atoms with Crippen molar-refractivity contribution in [1.82, 2.24) is 0 Å². The summed E-state index contributed by atoms with van der Waals surface area (Å²) < 4.78 is 34.3. The van der Waals surface area contributed by atoms with Crippen LogP contribution >= 0.6 is 23.4 Å². The summed E-state index contributed by atoms with van der Waals surface area (Å²) in [6.45, 7) is 1.84. The van der Waals surface area contributed by atoms with Gasteiger partial charge in [0.15, 0.2) is 6.61 Å². The van der Waals surface area contributed by atoms with Crippen LogP contribution in [-0.2, 0) is 21.4 Å². The number of benzene rings is 4. The molecule has 0 atom stereocenters. The van der Waals surface area contributed by atoms with Crippen molar-refractivity contribution in [2.45, 2.75) is 23.3 Å². The third kappa shape index (κ3) is 6.89. The lowest BCUT2D eigenvalue weighted by molar-refractivity contribution is -0.118. The number of hydrogen-bond acceptors (Lipinski definition) is 5. The molecule has 0 fully saturated rings. The summed E-state index contributed by atoms with van der Waals surface area (Å²) in [6.07, 6.45) is 1.94. The predicted octanol–water partition coefficient (Wildman–Crippen LogP) is 6.78. The van der Waals surface area contributed by atoms with E-state index in [0.29, 0.717) is 16.5 Å². The van der Waals surface area contributed by atoms with E-state index in [-0.39, 0.29) is 24.0 Å². The van der Waals surface area contributed by atoms with E-state index in [4.69, 9.17) is 16.3 Å². The van der Waals surface area contributed by atoms with E-state index in [1.54, 1.807) is 84.6 Å². The molecule has 0 heterocycles. The summed E-state index contributed by atoms with van der Waals surface area (Å²) in [4.78, 5) is 13.6. The highest BCUT2D eigenvalue weighted by Crippen LogP contribution is 2.29. The van der Waals surface area contributed by atoms with Crippen molar-refractivity contribution in [3.63, 3.8) is 0 Å². The fourth-order valence-electron chi connectivity index (χ4n) is 3.70. The number of thioether (sulfide) groups is 1. The van der Waals surface area contributed by atoms with Crippen LogP contribution in [0.5, 0.6) is 5.75 Å². The standard InChI is InChI=1S/C29H27ClN2O4S2/c1-21-7-17-26(18-8-21)38(34,35)32(19-22-9-11-23(30)12-10-22)24-13-15-25(16-14-24)36-20-29(33)31-27-5-3-4-6-28(27)37-2/h3-18H,19-20H2,1-2H3,(H,31,33). The van der Waals surface area contributed by atoms with Crippen LogP contribution in [-0.4, -0.2) is 27.2 Å². The molecule has 9 heteroatoms. The fraction of sp³-hybridized carbons (Fsp3) is 0.138.